The molecule has 0 spiro atoms. The molecule has 0 radical (unpaired) electrons. The highest BCUT2D eigenvalue weighted by molar-refractivity contribution is 9.10. The number of rotatable bonds is 13. The minimum Gasteiger partial charge on any atom is -0.494 e. The van der Waals surface area contributed by atoms with E-state index in [-0.39, 0.29) is 18.9 Å². The van der Waals surface area contributed by atoms with E-state index in [0.29, 0.717) is 31.2 Å². The lowest BCUT2D eigenvalue weighted by Gasteiger charge is -2.29. The van der Waals surface area contributed by atoms with Crippen molar-refractivity contribution in [2.45, 2.75) is 37.8 Å². The third-order valence-electron chi connectivity index (χ3n) is 6.52. The van der Waals surface area contributed by atoms with Gasteiger partial charge in [0.15, 0.2) is 11.6 Å². The van der Waals surface area contributed by atoms with Gasteiger partial charge in [-0.2, -0.15) is 0 Å². The Balaban J connectivity index is 1.56. The molecule has 2 atom stereocenters. The average Bonchev–Trinajstić information content (AvgIpc) is 3.33. The van der Waals surface area contributed by atoms with E-state index < -0.39 is 11.6 Å². The number of hydrazine groups is 1. The quantitative estimate of drug-likeness (QED) is 0.144. The van der Waals surface area contributed by atoms with Crippen molar-refractivity contribution in [1.82, 2.24) is 10.9 Å². The number of aliphatic hydroxyl groups is 1. The minimum absolute atomic E-state index is 0.0778. The molecule has 0 saturated heterocycles. The predicted octanol–water partition coefficient (Wildman–Crippen LogP) is 5.22. The molecule has 3 aromatic rings. The molecule has 3 N–H and O–H groups in total. The van der Waals surface area contributed by atoms with E-state index >= 15 is 0 Å². The van der Waals surface area contributed by atoms with Crippen molar-refractivity contribution in [2.75, 3.05) is 19.8 Å². The molecule has 0 fully saturated rings. The molecule has 0 saturated carbocycles. The number of aliphatic imine (C=N–C) groups is 1. The molecule has 39 heavy (non-hydrogen) atoms. The number of nitrogens with one attached hydrogen (secondary N) is 2. The van der Waals surface area contributed by atoms with Crippen LogP contribution < -0.4 is 15.6 Å². The summed E-state index contributed by atoms with van der Waals surface area (Å²) in [5.74, 6) is 0.766. The molecule has 0 bridgehead atoms. The molecule has 4 rings (SSSR count). The first-order valence-electron chi connectivity index (χ1n) is 13.0. The predicted molar refractivity (Wildman–Crippen MR) is 157 cm³/mol. The van der Waals surface area contributed by atoms with Gasteiger partial charge in [-0.1, -0.05) is 64.0 Å². The van der Waals surface area contributed by atoms with E-state index in [2.05, 4.69) is 64.5 Å². The molecule has 7 nitrogen and oxygen atoms in total. The van der Waals surface area contributed by atoms with Gasteiger partial charge in [-0.25, -0.2) is 10.4 Å². The molecule has 3 aromatic carbocycles. The highest BCUT2D eigenvalue weighted by atomic mass is 79.9. The summed E-state index contributed by atoms with van der Waals surface area (Å²) in [6, 6.07) is 23.4. The number of halogens is 1. The standard InChI is InChI=1S/C31H34BrN3O4/c1-3-18-31(30(37)35-33-19-17-23-7-5-22(2)6-8-23)28(24-9-13-26(32)14-10-24)39-29(34-31)25-11-15-27(16-12-25)38-21-4-20-36/h3,5-16,28,33,36H,1,4,17-21H2,2H3,(H,35,37)/t28-,31-/m0/s1. The molecule has 0 aliphatic carbocycles. The van der Waals surface area contributed by atoms with Crippen molar-refractivity contribution < 1.29 is 19.4 Å². The first-order valence-corrected chi connectivity index (χ1v) is 13.8. The largest absolute Gasteiger partial charge is 0.494 e. The fourth-order valence-electron chi connectivity index (χ4n) is 4.39. The van der Waals surface area contributed by atoms with Gasteiger partial charge < -0.3 is 14.6 Å². The number of hydrogen-bond donors (Lipinski definition) is 3. The Morgan fingerprint density at radius 1 is 1.13 bits per heavy atom. The van der Waals surface area contributed by atoms with Crippen molar-refractivity contribution in [2.24, 2.45) is 4.99 Å². The molecule has 204 valence electrons. The second kappa shape index (κ2) is 13.6. The number of hydrogen-bond acceptors (Lipinski definition) is 6. The Morgan fingerprint density at radius 2 is 1.85 bits per heavy atom. The van der Waals surface area contributed by atoms with Gasteiger partial charge in [-0.15, -0.1) is 6.58 Å². The molecule has 8 heteroatoms. The number of nitrogens with zero attached hydrogens (tertiary/aromatic N) is 1. The Morgan fingerprint density at radius 3 is 2.51 bits per heavy atom. The summed E-state index contributed by atoms with van der Waals surface area (Å²) in [5, 5.41) is 8.97. The van der Waals surface area contributed by atoms with Gasteiger partial charge >= 0.3 is 0 Å². The van der Waals surface area contributed by atoms with Crippen LogP contribution in [-0.2, 0) is 16.0 Å². The number of carbonyl (C=O) groups is 1. The van der Waals surface area contributed by atoms with Crippen LogP contribution in [0.1, 0.15) is 41.2 Å². The van der Waals surface area contributed by atoms with Crippen LogP contribution >= 0.6 is 15.9 Å². The lowest BCUT2D eigenvalue weighted by molar-refractivity contribution is -0.129. The zero-order valence-electron chi connectivity index (χ0n) is 22.0. The van der Waals surface area contributed by atoms with Crippen LogP contribution in [0.5, 0.6) is 5.75 Å². The SMILES string of the molecule is C=CC[C@]1(C(=O)NNCCc2ccc(C)cc2)N=C(c2ccc(OCCCO)cc2)O[C@H]1c1ccc(Br)cc1. The van der Waals surface area contributed by atoms with Gasteiger partial charge in [0, 0.05) is 36.0 Å². The molecule has 0 aromatic heterocycles. The van der Waals surface area contributed by atoms with E-state index in [0.717, 1.165) is 22.0 Å². The molecular weight excluding hydrogens is 558 g/mol. The molecule has 1 aliphatic heterocycles. The Kier molecular flexibility index (Phi) is 9.92. The Bertz CT molecular complexity index is 1280. The second-order valence-corrected chi connectivity index (χ2v) is 10.4. The summed E-state index contributed by atoms with van der Waals surface area (Å²) < 4.78 is 13.0. The van der Waals surface area contributed by atoms with Crippen LogP contribution in [0.25, 0.3) is 0 Å². The summed E-state index contributed by atoms with van der Waals surface area (Å²) >= 11 is 3.48. The van der Waals surface area contributed by atoms with Crippen LogP contribution in [0.4, 0.5) is 0 Å². The summed E-state index contributed by atoms with van der Waals surface area (Å²) in [4.78, 5) is 18.7. The second-order valence-electron chi connectivity index (χ2n) is 9.45. The Hall–Kier alpha value is -3.46. The maximum absolute atomic E-state index is 13.8. The number of amides is 1. The maximum Gasteiger partial charge on any atom is 0.266 e. The molecule has 1 amide bonds. The van der Waals surface area contributed by atoms with Crippen LogP contribution in [0.3, 0.4) is 0 Å². The molecule has 1 aliphatic rings. The van der Waals surface area contributed by atoms with Crippen molar-refractivity contribution in [3.63, 3.8) is 0 Å². The van der Waals surface area contributed by atoms with Crippen LogP contribution in [0, 0.1) is 6.92 Å². The van der Waals surface area contributed by atoms with E-state index in [1.165, 1.54) is 11.1 Å². The van der Waals surface area contributed by atoms with Crippen LogP contribution in [-0.4, -0.2) is 42.2 Å². The van der Waals surface area contributed by atoms with E-state index in [1.807, 2.05) is 48.5 Å². The first kappa shape index (κ1) is 28.5. The lowest BCUT2D eigenvalue weighted by Crippen LogP contribution is -2.52. The number of carbonyl (C=O) groups excluding carboxylic acids is 1. The van der Waals surface area contributed by atoms with E-state index in [4.69, 9.17) is 19.6 Å². The van der Waals surface area contributed by atoms with Crippen molar-refractivity contribution in [3.8, 4) is 5.75 Å². The van der Waals surface area contributed by atoms with Crippen LogP contribution in [0.15, 0.2) is 94.9 Å². The summed E-state index contributed by atoms with van der Waals surface area (Å²) in [7, 11) is 0. The monoisotopic (exact) mass is 591 g/mol. The average molecular weight is 593 g/mol. The number of benzene rings is 3. The Labute approximate surface area is 238 Å². The van der Waals surface area contributed by atoms with Gasteiger partial charge in [0.25, 0.3) is 5.91 Å². The van der Waals surface area contributed by atoms with Gasteiger partial charge in [0.1, 0.15) is 5.75 Å². The summed E-state index contributed by atoms with van der Waals surface area (Å²) in [6.07, 6.45) is 2.66. The van der Waals surface area contributed by atoms with Gasteiger partial charge in [0.05, 0.1) is 6.61 Å². The highest BCUT2D eigenvalue weighted by Gasteiger charge is 2.52. The number of aliphatic hydroxyl groups excluding tert-OH is 1. The highest BCUT2D eigenvalue weighted by Crippen LogP contribution is 2.43. The first-order chi connectivity index (χ1) is 18.9. The zero-order chi connectivity index (χ0) is 27.7. The van der Waals surface area contributed by atoms with Gasteiger partial charge in [-0.3, -0.25) is 10.2 Å². The zero-order valence-corrected chi connectivity index (χ0v) is 23.6. The number of ether oxygens (including phenoxy) is 2. The van der Waals surface area contributed by atoms with E-state index in [1.54, 1.807) is 6.08 Å². The van der Waals surface area contributed by atoms with Crippen LogP contribution in [0.2, 0.25) is 0 Å². The minimum atomic E-state index is -1.25. The van der Waals surface area contributed by atoms with Gasteiger partial charge in [0.2, 0.25) is 5.90 Å². The van der Waals surface area contributed by atoms with Crippen molar-refractivity contribution in [1.29, 1.82) is 0 Å². The van der Waals surface area contributed by atoms with E-state index in [9.17, 15) is 4.79 Å². The lowest BCUT2D eigenvalue weighted by atomic mass is 9.84. The molecule has 0 unspecified atom stereocenters. The normalized spacial score (nSPS) is 18.2. The third kappa shape index (κ3) is 7.15. The summed E-state index contributed by atoms with van der Waals surface area (Å²) in [5.41, 5.74) is 8.66. The molecule has 1 heterocycles. The fourth-order valence-corrected chi connectivity index (χ4v) is 4.65. The van der Waals surface area contributed by atoms with Gasteiger partial charge in [-0.05, 0) is 60.9 Å². The number of aryl methyl sites for hydroxylation is 1. The maximum atomic E-state index is 13.8. The smallest absolute Gasteiger partial charge is 0.266 e. The fraction of sp³-hybridized carbons (Fsp3) is 0.290. The third-order valence-corrected chi connectivity index (χ3v) is 7.05. The molecular formula is C31H34BrN3O4. The van der Waals surface area contributed by atoms with Crippen molar-refractivity contribution in [3.05, 3.63) is 112 Å². The topological polar surface area (TPSA) is 92.2 Å². The summed E-state index contributed by atoms with van der Waals surface area (Å²) in [6.45, 7) is 7.05. The van der Waals surface area contributed by atoms with Crippen molar-refractivity contribution >= 4 is 27.7 Å².